The van der Waals surface area contributed by atoms with Gasteiger partial charge >= 0.3 is 0 Å². The number of hydrogen-bond acceptors (Lipinski definition) is 3. The molecule has 16 aromatic carbocycles. The summed E-state index contributed by atoms with van der Waals surface area (Å²) in [6, 6.07) is 137. The van der Waals surface area contributed by atoms with Gasteiger partial charge in [0.1, 0.15) is 11.2 Å². The fourth-order valence-corrected chi connectivity index (χ4v) is 19.5. The lowest BCUT2D eigenvalue weighted by molar-refractivity contribution is 0.660. The zero-order chi connectivity index (χ0) is 68.6. The molecule has 1 unspecified atom stereocenters. The molecule has 5 aliphatic rings. The van der Waals surface area contributed by atoms with E-state index >= 15 is 0 Å². The molecule has 22 rings (SSSR count). The van der Waals surface area contributed by atoms with Gasteiger partial charge in [0.25, 0.3) is 0 Å². The third kappa shape index (κ3) is 7.96. The van der Waals surface area contributed by atoms with Crippen molar-refractivity contribution in [2.75, 3.05) is 9.80 Å². The lowest BCUT2D eigenvalue weighted by Crippen LogP contribution is -2.26. The zero-order valence-corrected chi connectivity index (χ0v) is 57.4. The fraction of sp³-hybridized carbons (Fsp3) is 0.0495. The first-order chi connectivity index (χ1) is 51.3. The summed E-state index contributed by atoms with van der Waals surface area (Å²) >= 11 is 0. The third-order valence-electron chi connectivity index (χ3n) is 23.9. The molecule has 1 heterocycles. The molecule has 0 fully saturated rings. The molecule has 17 aromatic rings. The Morgan fingerprint density at radius 2 is 0.606 bits per heavy atom. The Hall–Kier alpha value is -13.1. The number of para-hydroxylation sites is 2. The molecule has 5 aliphatic carbocycles. The maximum Gasteiger partial charge on any atom is 0.135 e. The Morgan fingerprint density at radius 1 is 0.212 bits per heavy atom. The average molecular weight is 1320 g/mol. The molecule has 1 aromatic heterocycles. The number of rotatable bonds is 9. The lowest BCUT2D eigenvalue weighted by Gasteiger charge is -2.33. The molecule has 0 radical (unpaired) electrons. The first-order valence-electron chi connectivity index (χ1n) is 36.4. The van der Waals surface area contributed by atoms with E-state index in [1.807, 2.05) is 6.07 Å². The van der Waals surface area contributed by atoms with Gasteiger partial charge in [-0.25, -0.2) is 0 Å². The van der Waals surface area contributed by atoms with Crippen LogP contribution in [0.15, 0.2) is 368 Å². The second-order valence-electron chi connectivity index (χ2n) is 29.2. The van der Waals surface area contributed by atoms with Crippen molar-refractivity contribution in [3.8, 4) is 89.0 Å². The highest BCUT2D eigenvalue weighted by molar-refractivity contribution is 6.09. The van der Waals surface area contributed by atoms with Gasteiger partial charge in [0.05, 0.1) is 27.9 Å². The van der Waals surface area contributed by atoms with Crippen LogP contribution in [0.3, 0.4) is 0 Å². The SMILES string of the molecule is CC1(C)c2cc(-c3ccc4c(c3)-c3ccccc3C43c4ccccc4-c4c(N(c5ccc(-c6ccccc6)cc5)c5ccc6oc7ccccc7c6c5)cccc43)ccc2-c2ccc(N(c3ccccc3-c3ccccc3)c3cccc4c3-c3ccccc3C43c4ccccc4-c4ccccc43)cc21. The number of anilines is 6. The van der Waals surface area contributed by atoms with Crippen molar-refractivity contribution in [2.45, 2.75) is 30.1 Å². The van der Waals surface area contributed by atoms with Gasteiger partial charge in [0, 0.05) is 49.9 Å². The van der Waals surface area contributed by atoms with Crippen molar-refractivity contribution in [1.29, 1.82) is 0 Å². The van der Waals surface area contributed by atoms with Crippen LogP contribution in [0.25, 0.3) is 111 Å². The summed E-state index contributed by atoms with van der Waals surface area (Å²) in [4.78, 5) is 5.05. The van der Waals surface area contributed by atoms with E-state index in [9.17, 15) is 0 Å². The van der Waals surface area contributed by atoms with Crippen molar-refractivity contribution in [2.24, 2.45) is 0 Å². The topological polar surface area (TPSA) is 19.6 Å². The predicted octanol–water partition coefficient (Wildman–Crippen LogP) is 26.5. The molecule has 486 valence electrons. The molecule has 2 spiro atoms. The van der Waals surface area contributed by atoms with E-state index in [1.165, 1.54) is 145 Å². The van der Waals surface area contributed by atoms with Gasteiger partial charge in [-0.15, -0.1) is 0 Å². The molecule has 0 saturated carbocycles. The second-order valence-corrected chi connectivity index (χ2v) is 29.2. The van der Waals surface area contributed by atoms with Gasteiger partial charge in [-0.2, -0.15) is 0 Å². The van der Waals surface area contributed by atoms with Gasteiger partial charge in [-0.3, -0.25) is 0 Å². The number of fused-ring (bicyclic) bond motifs is 26. The van der Waals surface area contributed by atoms with Crippen LogP contribution in [0.1, 0.15) is 69.5 Å². The normalized spacial score (nSPS) is 15.0. The van der Waals surface area contributed by atoms with E-state index in [2.05, 4.69) is 382 Å². The maximum atomic E-state index is 6.47. The first-order valence-corrected chi connectivity index (χ1v) is 36.4. The first kappa shape index (κ1) is 58.7. The Kier molecular flexibility index (Phi) is 12.4. The molecule has 0 bridgehead atoms. The third-order valence-corrected chi connectivity index (χ3v) is 23.9. The van der Waals surface area contributed by atoms with E-state index < -0.39 is 10.8 Å². The van der Waals surface area contributed by atoms with Gasteiger partial charge in [-0.1, -0.05) is 299 Å². The Balaban J connectivity index is 0.674. The second kappa shape index (κ2) is 22.0. The summed E-state index contributed by atoms with van der Waals surface area (Å²) in [7, 11) is 0. The molecule has 0 N–H and O–H groups in total. The van der Waals surface area contributed by atoms with Crippen molar-refractivity contribution in [3.63, 3.8) is 0 Å². The van der Waals surface area contributed by atoms with Crippen LogP contribution in [0.4, 0.5) is 34.1 Å². The maximum absolute atomic E-state index is 6.47. The summed E-state index contributed by atoms with van der Waals surface area (Å²) in [5, 5.41) is 2.19. The van der Waals surface area contributed by atoms with Crippen LogP contribution in [0.2, 0.25) is 0 Å². The zero-order valence-electron chi connectivity index (χ0n) is 57.4. The van der Waals surface area contributed by atoms with Crippen LogP contribution in [-0.4, -0.2) is 0 Å². The van der Waals surface area contributed by atoms with Gasteiger partial charge < -0.3 is 14.2 Å². The highest BCUT2D eigenvalue weighted by Crippen LogP contribution is 2.68. The van der Waals surface area contributed by atoms with Crippen LogP contribution in [0, 0.1) is 0 Å². The highest BCUT2D eigenvalue weighted by Gasteiger charge is 2.54. The molecule has 0 saturated heterocycles. The van der Waals surface area contributed by atoms with Gasteiger partial charge in [0.2, 0.25) is 0 Å². The number of hydrogen-bond donors (Lipinski definition) is 0. The standard InChI is InChI=1S/C101H66N2O/c1-99(2)90-60-67(49-55-75(90)76-56-53-70(62-91(76)99)103(92-43-21-14-29-71(92)65-27-7-4-8-28-65)94-45-24-42-89-98(94)79-35-13-19-39-85(79)100(89)82-36-16-9-30-72(82)73-31-10-17-37-83(73)100)66-50-57-87-80(59-66)74-32-11-18-38-84(74)101(87)86-40-20-12-34-78(86)97-88(101)41-23-44-93(97)102(68-51-47-64(48-52-68)63-25-5-3-6-26-63)69-54-58-96-81(61-69)77-33-15-22-46-95(77)104-96/h3-62H,1-2H3. The summed E-state index contributed by atoms with van der Waals surface area (Å²) in [5.41, 5.74) is 40.0. The van der Waals surface area contributed by atoms with Gasteiger partial charge in [0.15, 0.2) is 0 Å². The Bertz CT molecular complexity index is 6430. The molecule has 104 heavy (non-hydrogen) atoms. The molecule has 1 atom stereocenters. The monoisotopic (exact) mass is 1320 g/mol. The molecule has 3 nitrogen and oxygen atoms in total. The quantitative estimate of drug-likeness (QED) is 0.144. The average Bonchev–Trinajstić information content (AvgIpc) is 1.51. The smallest absolute Gasteiger partial charge is 0.135 e. The number of furan rings is 1. The molecule has 0 amide bonds. The largest absolute Gasteiger partial charge is 0.456 e. The summed E-state index contributed by atoms with van der Waals surface area (Å²) in [6.07, 6.45) is 0. The minimum Gasteiger partial charge on any atom is -0.456 e. The Morgan fingerprint density at radius 3 is 1.24 bits per heavy atom. The van der Waals surface area contributed by atoms with Crippen LogP contribution in [-0.2, 0) is 16.2 Å². The van der Waals surface area contributed by atoms with Crippen LogP contribution >= 0.6 is 0 Å². The Labute approximate surface area is 605 Å². The van der Waals surface area contributed by atoms with E-state index in [4.69, 9.17) is 4.42 Å². The summed E-state index contributed by atoms with van der Waals surface area (Å²) < 4.78 is 6.47. The minimum absolute atomic E-state index is 0.355. The van der Waals surface area contributed by atoms with Gasteiger partial charge in [-0.05, 0) is 207 Å². The lowest BCUT2D eigenvalue weighted by atomic mass is 9.70. The van der Waals surface area contributed by atoms with Crippen molar-refractivity contribution in [3.05, 3.63) is 420 Å². The van der Waals surface area contributed by atoms with Crippen LogP contribution in [0.5, 0.6) is 0 Å². The van der Waals surface area contributed by atoms with Crippen molar-refractivity contribution < 1.29 is 4.42 Å². The number of benzene rings is 16. The minimum atomic E-state index is -0.591. The van der Waals surface area contributed by atoms with E-state index in [0.29, 0.717) is 0 Å². The van der Waals surface area contributed by atoms with E-state index in [1.54, 1.807) is 0 Å². The highest BCUT2D eigenvalue weighted by atomic mass is 16.3. The molecule has 0 aliphatic heterocycles. The van der Waals surface area contributed by atoms with Crippen molar-refractivity contribution >= 4 is 56.1 Å². The summed E-state index contributed by atoms with van der Waals surface area (Å²) in [6.45, 7) is 4.88. The fourth-order valence-electron chi connectivity index (χ4n) is 19.5. The molecule has 3 heteroatoms. The van der Waals surface area contributed by atoms with E-state index in [0.717, 1.165) is 56.1 Å². The molecular formula is C101H66N2O. The summed E-state index contributed by atoms with van der Waals surface area (Å²) in [5.74, 6) is 0. The van der Waals surface area contributed by atoms with E-state index in [-0.39, 0.29) is 5.41 Å². The van der Waals surface area contributed by atoms with Crippen LogP contribution < -0.4 is 9.80 Å². The number of nitrogens with zero attached hydrogens (tertiary/aromatic N) is 2. The van der Waals surface area contributed by atoms with Crippen molar-refractivity contribution in [1.82, 2.24) is 0 Å². The molecular weight excluding hydrogens is 1260 g/mol. The predicted molar refractivity (Wildman–Crippen MR) is 430 cm³/mol.